The molecular formula is C10H10FNO2. The fraction of sp³-hybridized carbons (Fsp3) is 0.300. The first kappa shape index (κ1) is 8.99. The molecule has 0 bridgehead atoms. The van der Waals surface area contributed by atoms with E-state index >= 15 is 0 Å². The van der Waals surface area contributed by atoms with Crippen LogP contribution in [0.5, 0.6) is 0 Å². The SMILES string of the molecule is O=C(O)C1CNc2ccc(F)cc2C1. The molecule has 2 rings (SSSR count). The minimum absolute atomic E-state index is 0.323. The topological polar surface area (TPSA) is 49.3 Å². The molecule has 4 heteroatoms. The van der Waals surface area contributed by atoms with Crippen LogP contribution in [-0.4, -0.2) is 17.6 Å². The van der Waals surface area contributed by atoms with Crippen molar-refractivity contribution in [1.82, 2.24) is 0 Å². The number of halogens is 1. The summed E-state index contributed by atoms with van der Waals surface area (Å²) in [6, 6.07) is 4.40. The Hall–Kier alpha value is -1.58. The van der Waals surface area contributed by atoms with Crippen LogP contribution in [0.3, 0.4) is 0 Å². The normalized spacial score (nSPS) is 19.6. The number of carbonyl (C=O) groups is 1. The number of fused-ring (bicyclic) bond motifs is 1. The number of hydrogen-bond acceptors (Lipinski definition) is 2. The molecular weight excluding hydrogens is 185 g/mol. The third kappa shape index (κ3) is 1.55. The first-order valence-corrected chi connectivity index (χ1v) is 4.42. The first-order valence-electron chi connectivity index (χ1n) is 4.42. The smallest absolute Gasteiger partial charge is 0.308 e. The van der Waals surface area contributed by atoms with E-state index in [1.807, 2.05) is 0 Å². The van der Waals surface area contributed by atoms with Gasteiger partial charge in [0.15, 0.2) is 0 Å². The highest BCUT2D eigenvalue weighted by Crippen LogP contribution is 2.25. The van der Waals surface area contributed by atoms with Crippen molar-refractivity contribution in [2.75, 3.05) is 11.9 Å². The molecule has 3 nitrogen and oxygen atoms in total. The van der Waals surface area contributed by atoms with Gasteiger partial charge in [-0.05, 0) is 30.2 Å². The van der Waals surface area contributed by atoms with Gasteiger partial charge in [-0.25, -0.2) is 4.39 Å². The van der Waals surface area contributed by atoms with Crippen LogP contribution in [0.25, 0.3) is 0 Å². The molecule has 0 amide bonds. The van der Waals surface area contributed by atoms with Gasteiger partial charge in [0.05, 0.1) is 5.92 Å². The lowest BCUT2D eigenvalue weighted by molar-refractivity contribution is -0.141. The van der Waals surface area contributed by atoms with Crippen LogP contribution in [0.1, 0.15) is 5.56 Å². The van der Waals surface area contributed by atoms with E-state index in [2.05, 4.69) is 5.32 Å². The van der Waals surface area contributed by atoms with Crippen molar-refractivity contribution in [1.29, 1.82) is 0 Å². The summed E-state index contributed by atoms with van der Waals surface area (Å²) in [5.41, 5.74) is 1.58. The van der Waals surface area contributed by atoms with E-state index in [1.165, 1.54) is 12.1 Å². The Labute approximate surface area is 80.6 Å². The Morgan fingerprint density at radius 3 is 3.07 bits per heavy atom. The van der Waals surface area contributed by atoms with Gasteiger partial charge in [0.25, 0.3) is 0 Å². The Balaban J connectivity index is 2.29. The van der Waals surface area contributed by atoms with Gasteiger partial charge in [-0.15, -0.1) is 0 Å². The zero-order valence-corrected chi connectivity index (χ0v) is 7.46. The van der Waals surface area contributed by atoms with Crippen LogP contribution in [0.2, 0.25) is 0 Å². The molecule has 1 aliphatic heterocycles. The average molecular weight is 195 g/mol. The Morgan fingerprint density at radius 1 is 1.57 bits per heavy atom. The number of aliphatic carboxylic acids is 1. The standard InChI is InChI=1S/C10H10FNO2/c11-8-1-2-9-6(4-8)3-7(5-12-9)10(13)14/h1-2,4,7,12H,3,5H2,(H,13,14). The monoisotopic (exact) mass is 195 g/mol. The Kier molecular flexibility index (Phi) is 2.11. The molecule has 0 spiro atoms. The van der Waals surface area contributed by atoms with E-state index in [0.717, 1.165) is 11.3 Å². The number of hydrogen-bond donors (Lipinski definition) is 2. The van der Waals surface area contributed by atoms with Gasteiger partial charge in [-0.2, -0.15) is 0 Å². The van der Waals surface area contributed by atoms with Crippen LogP contribution in [0.4, 0.5) is 10.1 Å². The number of nitrogens with one attached hydrogen (secondary N) is 1. The van der Waals surface area contributed by atoms with E-state index in [9.17, 15) is 9.18 Å². The lowest BCUT2D eigenvalue weighted by atomic mass is 9.94. The lowest BCUT2D eigenvalue weighted by Gasteiger charge is -2.23. The van der Waals surface area contributed by atoms with E-state index < -0.39 is 11.9 Å². The highest BCUT2D eigenvalue weighted by atomic mass is 19.1. The number of anilines is 1. The number of carboxylic acid groups (broad SMARTS) is 1. The average Bonchev–Trinajstić information content (AvgIpc) is 2.16. The van der Waals surface area contributed by atoms with Crippen LogP contribution in [0.15, 0.2) is 18.2 Å². The highest BCUT2D eigenvalue weighted by Gasteiger charge is 2.23. The molecule has 0 saturated carbocycles. The maximum Gasteiger partial charge on any atom is 0.308 e. The molecule has 14 heavy (non-hydrogen) atoms. The summed E-state index contributed by atoms with van der Waals surface area (Å²) in [5.74, 6) is -1.62. The third-order valence-electron chi connectivity index (χ3n) is 2.42. The van der Waals surface area contributed by atoms with Crippen molar-refractivity contribution in [2.45, 2.75) is 6.42 Å². The molecule has 1 unspecified atom stereocenters. The van der Waals surface area contributed by atoms with E-state index in [1.54, 1.807) is 6.07 Å². The van der Waals surface area contributed by atoms with E-state index in [4.69, 9.17) is 5.11 Å². The van der Waals surface area contributed by atoms with E-state index in [-0.39, 0.29) is 5.82 Å². The summed E-state index contributed by atoms with van der Waals surface area (Å²) in [6.07, 6.45) is 0.398. The van der Waals surface area contributed by atoms with Crippen molar-refractivity contribution in [3.05, 3.63) is 29.6 Å². The Bertz CT molecular complexity index is 378. The Morgan fingerprint density at radius 2 is 2.36 bits per heavy atom. The van der Waals surface area contributed by atoms with Gasteiger partial charge in [-0.3, -0.25) is 4.79 Å². The fourth-order valence-electron chi connectivity index (χ4n) is 1.65. The minimum Gasteiger partial charge on any atom is -0.481 e. The quantitative estimate of drug-likeness (QED) is 0.713. The third-order valence-corrected chi connectivity index (χ3v) is 2.42. The van der Waals surface area contributed by atoms with Gasteiger partial charge in [0.2, 0.25) is 0 Å². The van der Waals surface area contributed by atoms with Gasteiger partial charge in [0.1, 0.15) is 5.82 Å². The lowest BCUT2D eigenvalue weighted by Crippen LogP contribution is -2.29. The number of rotatable bonds is 1. The van der Waals surface area contributed by atoms with Gasteiger partial charge < -0.3 is 10.4 Å². The van der Waals surface area contributed by atoms with Crippen molar-refractivity contribution < 1.29 is 14.3 Å². The van der Waals surface area contributed by atoms with Crippen LogP contribution < -0.4 is 5.32 Å². The van der Waals surface area contributed by atoms with Crippen LogP contribution in [-0.2, 0) is 11.2 Å². The van der Waals surface area contributed by atoms with Gasteiger partial charge in [-0.1, -0.05) is 0 Å². The summed E-state index contributed by atoms with van der Waals surface area (Å²) in [6.45, 7) is 0.411. The summed E-state index contributed by atoms with van der Waals surface area (Å²) in [5, 5.41) is 11.8. The number of carboxylic acids is 1. The van der Waals surface area contributed by atoms with Crippen molar-refractivity contribution in [2.24, 2.45) is 5.92 Å². The predicted octanol–water partition coefficient (Wildman–Crippen LogP) is 1.49. The predicted molar refractivity (Wildman–Crippen MR) is 49.7 cm³/mol. The second-order valence-electron chi connectivity index (χ2n) is 3.42. The second kappa shape index (κ2) is 3.29. The van der Waals surface area contributed by atoms with Gasteiger partial charge in [0, 0.05) is 12.2 Å². The molecule has 0 aliphatic carbocycles. The zero-order valence-electron chi connectivity index (χ0n) is 7.46. The molecule has 0 fully saturated rings. The first-order chi connectivity index (χ1) is 6.66. The second-order valence-corrected chi connectivity index (χ2v) is 3.42. The molecule has 1 aromatic rings. The molecule has 1 atom stereocenters. The van der Waals surface area contributed by atoms with Gasteiger partial charge >= 0.3 is 5.97 Å². The number of benzene rings is 1. The highest BCUT2D eigenvalue weighted by molar-refractivity contribution is 5.73. The van der Waals surface area contributed by atoms with Crippen molar-refractivity contribution in [3.8, 4) is 0 Å². The van der Waals surface area contributed by atoms with Crippen molar-refractivity contribution in [3.63, 3.8) is 0 Å². The molecule has 74 valence electrons. The van der Waals surface area contributed by atoms with Crippen LogP contribution >= 0.6 is 0 Å². The summed E-state index contributed by atoms with van der Waals surface area (Å²) >= 11 is 0. The zero-order chi connectivity index (χ0) is 10.1. The minimum atomic E-state index is -0.840. The summed E-state index contributed by atoms with van der Waals surface area (Å²) < 4.78 is 12.8. The van der Waals surface area contributed by atoms with Crippen molar-refractivity contribution >= 4 is 11.7 Å². The summed E-state index contributed by atoms with van der Waals surface area (Å²) in [4.78, 5) is 10.7. The largest absolute Gasteiger partial charge is 0.481 e. The molecule has 1 aromatic carbocycles. The molecule has 0 saturated heterocycles. The molecule has 2 N–H and O–H groups in total. The maximum atomic E-state index is 12.8. The maximum absolute atomic E-state index is 12.8. The molecule has 1 heterocycles. The summed E-state index contributed by atoms with van der Waals surface area (Å²) in [7, 11) is 0. The van der Waals surface area contributed by atoms with Crippen LogP contribution in [0, 0.1) is 11.7 Å². The molecule has 1 aliphatic rings. The van der Waals surface area contributed by atoms with E-state index in [0.29, 0.717) is 13.0 Å². The fourth-order valence-corrected chi connectivity index (χ4v) is 1.65. The molecule has 0 aromatic heterocycles. The molecule has 0 radical (unpaired) electrons.